The highest BCUT2D eigenvalue weighted by molar-refractivity contribution is 6.72. The molecule has 0 spiro atoms. The third kappa shape index (κ3) is 9.17. The minimum absolute atomic E-state index is 0.292. The smallest absolute Gasteiger partial charge is 0.358 e. The first-order valence-electron chi connectivity index (χ1n) is 6.17. The van der Waals surface area contributed by atoms with Crippen molar-refractivity contribution in [2.45, 2.75) is 59.0 Å². The summed E-state index contributed by atoms with van der Waals surface area (Å²) in [5.74, 6) is 0.119. The van der Waals surface area contributed by atoms with Gasteiger partial charge in [-0.3, -0.25) is 0 Å². The molecule has 3 nitrogen and oxygen atoms in total. The van der Waals surface area contributed by atoms with Gasteiger partial charge in [-0.1, -0.05) is 13.3 Å². The van der Waals surface area contributed by atoms with Crippen molar-refractivity contribution in [3.63, 3.8) is 0 Å². The van der Waals surface area contributed by atoms with E-state index in [9.17, 15) is 4.79 Å². The van der Waals surface area contributed by atoms with Crippen molar-refractivity contribution in [3.05, 3.63) is 11.8 Å². The largest absolute Gasteiger partial charge is 0.540 e. The van der Waals surface area contributed by atoms with E-state index in [4.69, 9.17) is 8.85 Å². The quantitative estimate of drug-likeness (QED) is 0.418. The molecule has 0 saturated carbocycles. The Kier molecular flexibility index (Phi) is 6.19. The number of rotatable bonds is 6. The van der Waals surface area contributed by atoms with Crippen LogP contribution in [0.1, 0.15) is 19.8 Å². The highest BCUT2D eigenvalue weighted by atomic mass is 28.4. The predicted molar refractivity (Wildman–Crippen MR) is 76.9 cm³/mol. The zero-order chi connectivity index (χ0) is 13.7. The van der Waals surface area contributed by atoms with Gasteiger partial charge in [0.2, 0.25) is 16.6 Å². The van der Waals surface area contributed by atoms with Gasteiger partial charge in [0.25, 0.3) is 0 Å². The molecule has 0 aromatic carbocycles. The molecule has 0 atom stereocenters. The molecule has 0 amide bonds. The molecule has 0 N–H and O–H groups in total. The second-order valence-electron chi connectivity index (χ2n) is 6.07. The van der Waals surface area contributed by atoms with Gasteiger partial charge in [-0.05, 0) is 51.8 Å². The molecular weight excluding hydrogens is 248 g/mol. The molecule has 0 rings (SSSR count). The Hall–Kier alpha value is -0.556. The van der Waals surface area contributed by atoms with E-state index >= 15 is 0 Å². The summed E-state index contributed by atoms with van der Waals surface area (Å²) in [5, 5.41) is 0. The third-order valence-electron chi connectivity index (χ3n) is 1.63. The molecule has 5 heteroatoms. The summed E-state index contributed by atoms with van der Waals surface area (Å²) >= 11 is 0. The molecule has 0 saturated heterocycles. The number of hydrogen-bond acceptors (Lipinski definition) is 3. The monoisotopic (exact) mass is 274 g/mol. The third-order valence-corrected chi connectivity index (χ3v) is 3.26. The Morgan fingerprint density at radius 3 is 1.82 bits per heavy atom. The van der Waals surface area contributed by atoms with Gasteiger partial charge in [-0.25, -0.2) is 4.79 Å². The SMILES string of the molecule is CCCC=C(O[Si](C)(C)C)C(=O)O[Si](C)(C)C. The maximum atomic E-state index is 12.0. The van der Waals surface area contributed by atoms with Crippen LogP contribution >= 0.6 is 0 Å². The number of carbonyl (C=O) groups is 1. The number of unbranched alkanes of at least 4 members (excludes halogenated alkanes) is 1. The van der Waals surface area contributed by atoms with Crippen LogP contribution in [-0.4, -0.2) is 22.6 Å². The van der Waals surface area contributed by atoms with Crippen molar-refractivity contribution in [2.75, 3.05) is 0 Å². The maximum absolute atomic E-state index is 12.0. The lowest BCUT2D eigenvalue weighted by Gasteiger charge is -2.24. The van der Waals surface area contributed by atoms with Crippen LogP contribution in [-0.2, 0) is 13.6 Å². The molecule has 0 unspecified atom stereocenters. The molecule has 0 aliphatic rings. The molecular formula is C12H26O3Si2. The van der Waals surface area contributed by atoms with E-state index in [1.54, 1.807) is 0 Å². The summed E-state index contributed by atoms with van der Waals surface area (Å²) < 4.78 is 11.3. The van der Waals surface area contributed by atoms with Gasteiger partial charge in [-0.2, -0.15) is 0 Å². The molecule has 0 fully saturated rings. The second-order valence-corrected chi connectivity index (χ2v) is 14.9. The summed E-state index contributed by atoms with van der Waals surface area (Å²) in [5.41, 5.74) is 0. The number of allylic oxidation sites excluding steroid dienone is 1. The molecule has 0 aromatic rings. The van der Waals surface area contributed by atoms with Gasteiger partial charge in [0.1, 0.15) is 0 Å². The molecule has 100 valence electrons. The minimum Gasteiger partial charge on any atom is -0.540 e. The summed E-state index contributed by atoms with van der Waals surface area (Å²) in [4.78, 5) is 12.0. The molecule has 0 aliphatic carbocycles. The van der Waals surface area contributed by atoms with Crippen LogP contribution < -0.4 is 0 Å². The summed E-state index contributed by atoms with van der Waals surface area (Å²) in [7, 11) is -3.61. The number of carbonyl (C=O) groups excluding carboxylic acids is 1. The van der Waals surface area contributed by atoms with Gasteiger partial charge in [-0.15, -0.1) is 0 Å². The highest BCUT2D eigenvalue weighted by Gasteiger charge is 2.26. The first-order valence-corrected chi connectivity index (χ1v) is 13.0. The van der Waals surface area contributed by atoms with E-state index in [0.717, 1.165) is 12.8 Å². The standard InChI is InChI=1S/C12H26O3Si2/c1-8-9-10-11(14-16(2,3)4)12(13)15-17(5,6)7/h10H,8-9H2,1-7H3. The second kappa shape index (κ2) is 6.40. The van der Waals surface area contributed by atoms with E-state index in [2.05, 4.69) is 26.6 Å². The zero-order valence-electron chi connectivity index (χ0n) is 12.2. The van der Waals surface area contributed by atoms with Crippen LogP contribution in [0.25, 0.3) is 0 Å². The first-order chi connectivity index (χ1) is 7.55. The Labute approximate surface area is 107 Å². The minimum atomic E-state index is -1.85. The van der Waals surface area contributed by atoms with E-state index in [0.29, 0.717) is 5.76 Å². The Morgan fingerprint density at radius 2 is 1.47 bits per heavy atom. The van der Waals surface area contributed by atoms with Crippen molar-refractivity contribution in [1.29, 1.82) is 0 Å². The molecule has 0 heterocycles. The zero-order valence-corrected chi connectivity index (χ0v) is 14.2. The first kappa shape index (κ1) is 16.4. The van der Waals surface area contributed by atoms with Crippen LogP contribution in [0.15, 0.2) is 11.8 Å². The predicted octanol–water partition coefficient (Wildman–Crippen LogP) is 3.90. The maximum Gasteiger partial charge on any atom is 0.358 e. The van der Waals surface area contributed by atoms with E-state index in [1.807, 2.05) is 25.7 Å². The average Bonchev–Trinajstić information content (AvgIpc) is 2.07. The van der Waals surface area contributed by atoms with Crippen molar-refractivity contribution >= 4 is 22.6 Å². The van der Waals surface area contributed by atoms with Crippen molar-refractivity contribution in [2.24, 2.45) is 0 Å². The van der Waals surface area contributed by atoms with Crippen molar-refractivity contribution < 1.29 is 13.6 Å². The molecule has 0 aromatic heterocycles. The lowest BCUT2D eigenvalue weighted by Crippen LogP contribution is -2.34. The normalized spacial score (nSPS) is 13.5. The Balaban J connectivity index is 4.76. The van der Waals surface area contributed by atoms with Gasteiger partial charge < -0.3 is 8.85 Å². The Bertz CT molecular complexity index is 285. The van der Waals surface area contributed by atoms with Gasteiger partial charge >= 0.3 is 5.97 Å². The van der Waals surface area contributed by atoms with Crippen LogP contribution in [0.4, 0.5) is 0 Å². The highest BCUT2D eigenvalue weighted by Crippen LogP contribution is 2.15. The van der Waals surface area contributed by atoms with Gasteiger partial charge in [0, 0.05) is 0 Å². The van der Waals surface area contributed by atoms with Crippen LogP contribution in [0.5, 0.6) is 0 Å². The molecule has 0 radical (unpaired) electrons. The Morgan fingerprint density at radius 1 is 1.00 bits per heavy atom. The molecule has 17 heavy (non-hydrogen) atoms. The van der Waals surface area contributed by atoms with Crippen LogP contribution in [0.3, 0.4) is 0 Å². The van der Waals surface area contributed by atoms with Crippen molar-refractivity contribution in [1.82, 2.24) is 0 Å². The fourth-order valence-corrected chi connectivity index (χ4v) is 2.58. The number of hydrogen-bond donors (Lipinski definition) is 0. The lowest BCUT2D eigenvalue weighted by atomic mass is 10.3. The lowest BCUT2D eigenvalue weighted by molar-refractivity contribution is -0.133. The summed E-state index contributed by atoms with van der Waals surface area (Å²) in [6, 6.07) is 0. The van der Waals surface area contributed by atoms with E-state index in [1.165, 1.54) is 0 Å². The molecule has 0 aliphatic heterocycles. The molecule has 0 bridgehead atoms. The van der Waals surface area contributed by atoms with Crippen LogP contribution in [0.2, 0.25) is 39.3 Å². The fraction of sp³-hybridized carbons (Fsp3) is 0.750. The summed E-state index contributed by atoms with van der Waals surface area (Å²) in [6.45, 7) is 14.3. The topological polar surface area (TPSA) is 35.5 Å². The summed E-state index contributed by atoms with van der Waals surface area (Å²) in [6.07, 6.45) is 3.71. The average molecular weight is 275 g/mol. The van der Waals surface area contributed by atoms with E-state index < -0.39 is 16.6 Å². The van der Waals surface area contributed by atoms with E-state index in [-0.39, 0.29) is 5.97 Å². The van der Waals surface area contributed by atoms with Crippen LogP contribution in [0, 0.1) is 0 Å². The van der Waals surface area contributed by atoms with Crippen molar-refractivity contribution in [3.8, 4) is 0 Å². The van der Waals surface area contributed by atoms with Gasteiger partial charge in [0.15, 0.2) is 5.76 Å². The fourth-order valence-electron chi connectivity index (χ4n) is 1.10. The van der Waals surface area contributed by atoms with Gasteiger partial charge in [0.05, 0.1) is 0 Å².